The van der Waals surface area contributed by atoms with Gasteiger partial charge in [0.25, 0.3) is 0 Å². The molecule has 128 valence electrons. The van der Waals surface area contributed by atoms with Crippen molar-refractivity contribution in [2.45, 2.75) is 61.4 Å². The Kier molecular flexibility index (Phi) is 4.67. The normalized spacial score (nSPS) is 55.4. The van der Waals surface area contributed by atoms with Crippen molar-refractivity contribution in [2.75, 3.05) is 13.2 Å². The quantitative estimate of drug-likeness (QED) is 0.299. The first-order valence-corrected chi connectivity index (χ1v) is 7.03. The molecule has 0 amide bonds. The third-order valence-electron chi connectivity index (χ3n) is 4.21. The molecule has 10 atom stereocenters. The van der Waals surface area contributed by atoms with Gasteiger partial charge in [0, 0.05) is 0 Å². The third kappa shape index (κ3) is 2.65. The van der Waals surface area contributed by atoms with Gasteiger partial charge in [-0.2, -0.15) is 0 Å². The fourth-order valence-electron chi connectivity index (χ4n) is 2.87. The van der Waals surface area contributed by atoms with Crippen LogP contribution in [0.3, 0.4) is 0 Å². The highest BCUT2D eigenvalue weighted by Gasteiger charge is 2.53. The predicted molar refractivity (Wildman–Crippen MR) is 65.3 cm³/mol. The monoisotopic (exact) mass is 324 g/mol. The van der Waals surface area contributed by atoms with Crippen LogP contribution in [0.25, 0.3) is 0 Å². The molecule has 10 heteroatoms. The summed E-state index contributed by atoms with van der Waals surface area (Å²) in [5, 5.41) is 58.3. The molecule has 22 heavy (non-hydrogen) atoms. The van der Waals surface area contributed by atoms with Gasteiger partial charge in [0.05, 0.1) is 13.2 Å². The molecule has 2 bridgehead atoms. The summed E-state index contributed by atoms with van der Waals surface area (Å²) in [6.07, 6.45) is -12.5. The van der Waals surface area contributed by atoms with Crippen LogP contribution in [0.15, 0.2) is 0 Å². The molecule has 0 aliphatic carbocycles. The van der Waals surface area contributed by atoms with Crippen LogP contribution < -0.4 is 0 Å². The first-order valence-electron chi connectivity index (χ1n) is 7.03. The van der Waals surface area contributed by atoms with Gasteiger partial charge in [-0.1, -0.05) is 0 Å². The first kappa shape index (κ1) is 16.5. The highest BCUT2D eigenvalue weighted by molar-refractivity contribution is 4.96. The van der Waals surface area contributed by atoms with Gasteiger partial charge in [-0.3, -0.25) is 0 Å². The van der Waals surface area contributed by atoms with Gasteiger partial charge >= 0.3 is 0 Å². The summed E-state index contributed by atoms with van der Waals surface area (Å²) in [6, 6.07) is 0. The number of aliphatic hydroxyl groups is 6. The van der Waals surface area contributed by atoms with Crippen LogP contribution >= 0.6 is 0 Å². The van der Waals surface area contributed by atoms with Crippen LogP contribution in [0.2, 0.25) is 0 Å². The minimum atomic E-state index is -1.60. The number of hydrogen-bond donors (Lipinski definition) is 6. The Balaban J connectivity index is 1.71. The molecule has 0 saturated carbocycles. The van der Waals surface area contributed by atoms with Crippen LogP contribution in [0.4, 0.5) is 0 Å². The molecular formula is C12H20O10. The smallest absolute Gasteiger partial charge is 0.187 e. The molecule has 3 heterocycles. The van der Waals surface area contributed by atoms with Gasteiger partial charge in [0.15, 0.2) is 12.6 Å². The van der Waals surface area contributed by atoms with E-state index in [0.717, 1.165) is 0 Å². The SMILES string of the molecule is OCC1O[C@@H](O[C@@H]2C3CO[C@H](O3)C(O)C2O)C(O)C(O)[C@@H]1O. The molecule has 6 N–H and O–H groups in total. The van der Waals surface area contributed by atoms with Gasteiger partial charge < -0.3 is 49.6 Å². The van der Waals surface area contributed by atoms with Gasteiger partial charge in [-0.05, 0) is 0 Å². The van der Waals surface area contributed by atoms with Crippen molar-refractivity contribution in [1.29, 1.82) is 0 Å². The minimum absolute atomic E-state index is 0.0842. The standard InChI is InChI=1S/C12H20O10/c13-1-3-5(14)6(15)8(17)12(20-3)22-10-4-2-19-11(21-4)9(18)7(10)16/h3-18H,1-2H2/t3?,4?,5-,6?,7?,8?,9?,10-,11-,12+/m1/s1. The zero-order valence-corrected chi connectivity index (χ0v) is 11.5. The molecule has 3 rings (SSSR count). The van der Waals surface area contributed by atoms with Crippen molar-refractivity contribution < 1.29 is 49.6 Å². The Labute approximate surface area is 125 Å². The highest BCUT2D eigenvalue weighted by atomic mass is 16.8. The van der Waals surface area contributed by atoms with Crippen LogP contribution in [0, 0.1) is 0 Å². The largest absolute Gasteiger partial charge is 0.394 e. The van der Waals surface area contributed by atoms with Gasteiger partial charge in [-0.15, -0.1) is 0 Å². The Hall–Kier alpha value is -0.400. The Morgan fingerprint density at radius 3 is 2.27 bits per heavy atom. The zero-order valence-electron chi connectivity index (χ0n) is 11.5. The van der Waals surface area contributed by atoms with E-state index in [4.69, 9.17) is 24.1 Å². The second-order valence-corrected chi connectivity index (χ2v) is 5.66. The first-order chi connectivity index (χ1) is 10.4. The van der Waals surface area contributed by atoms with Crippen molar-refractivity contribution in [2.24, 2.45) is 0 Å². The van der Waals surface area contributed by atoms with Crippen molar-refractivity contribution >= 4 is 0 Å². The summed E-state index contributed by atoms with van der Waals surface area (Å²) in [5.41, 5.74) is 0. The molecule has 3 fully saturated rings. The topological polar surface area (TPSA) is 158 Å². The van der Waals surface area contributed by atoms with E-state index >= 15 is 0 Å². The Bertz CT molecular complexity index is 392. The number of aliphatic hydroxyl groups excluding tert-OH is 6. The van der Waals surface area contributed by atoms with Crippen LogP contribution in [-0.4, -0.2) is 105 Å². The molecule has 0 radical (unpaired) electrons. The van der Waals surface area contributed by atoms with E-state index in [1.165, 1.54) is 0 Å². The van der Waals surface area contributed by atoms with E-state index in [-0.39, 0.29) is 6.61 Å². The number of ether oxygens (including phenoxy) is 4. The van der Waals surface area contributed by atoms with Crippen LogP contribution in [-0.2, 0) is 18.9 Å². The number of fused-ring (bicyclic) bond motifs is 2. The maximum absolute atomic E-state index is 10.0. The van der Waals surface area contributed by atoms with Crippen molar-refractivity contribution in [3.8, 4) is 0 Å². The molecule has 3 saturated heterocycles. The maximum atomic E-state index is 10.0. The lowest BCUT2D eigenvalue weighted by atomic mass is 9.98. The lowest BCUT2D eigenvalue weighted by Gasteiger charge is -2.43. The van der Waals surface area contributed by atoms with E-state index in [0.29, 0.717) is 0 Å². The summed E-state index contributed by atoms with van der Waals surface area (Å²) >= 11 is 0. The molecule has 0 aromatic heterocycles. The van der Waals surface area contributed by atoms with E-state index in [9.17, 15) is 25.5 Å². The van der Waals surface area contributed by atoms with Gasteiger partial charge in [-0.25, -0.2) is 0 Å². The Morgan fingerprint density at radius 2 is 1.59 bits per heavy atom. The van der Waals surface area contributed by atoms with Gasteiger partial charge in [0.2, 0.25) is 0 Å². The van der Waals surface area contributed by atoms with Crippen molar-refractivity contribution in [3.05, 3.63) is 0 Å². The van der Waals surface area contributed by atoms with E-state index in [1.807, 2.05) is 0 Å². The zero-order chi connectivity index (χ0) is 16.0. The second kappa shape index (κ2) is 6.24. The molecule has 6 unspecified atom stereocenters. The molecule has 10 nitrogen and oxygen atoms in total. The molecule has 3 aliphatic heterocycles. The van der Waals surface area contributed by atoms with E-state index in [2.05, 4.69) is 0 Å². The Morgan fingerprint density at radius 1 is 0.864 bits per heavy atom. The fraction of sp³-hybridized carbons (Fsp3) is 1.00. The summed E-state index contributed by atoms with van der Waals surface area (Å²) < 4.78 is 21.1. The summed E-state index contributed by atoms with van der Waals surface area (Å²) in [6.45, 7) is -0.507. The summed E-state index contributed by atoms with van der Waals surface area (Å²) in [7, 11) is 0. The molecule has 0 aromatic rings. The van der Waals surface area contributed by atoms with Crippen LogP contribution in [0.5, 0.6) is 0 Å². The van der Waals surface area contributed by atoms with Crippen LogP contribution in [0.1, 0.15) is 0 Å². The van der Waals surface area contributed by atoms with Gasteiger partial charge in [0.1, 0.15) is 48.8 Å². The average Bonchev–Trinajstić information content (AvgIpc) is 2.96. The fourth-order valence-corrected chi connectivity index (χ4v) is 2.87. The lowest BCUT2D eigenvalue weighted by Crippen LogP contribution is -2.62. The predicted octanol–water partition coefficient (Wildman–Crippen LogP) is -4.35. The third-order valence-corrected chi connectivity index (χ3v) is 4.21. The minimum Gasteiger partial charge on any atom is -0.394 e. The molecule has 3 aliphatic rings. The molecular weight excluding hydrogens is 304 g/mol. The summed E-state index contributed by atoms with van der Waals surface area (Å²) in [4.78, 5) is 0. The average molecular weight is 324 g/mol. The van der Waals surface area contributed by atoms with E-state index in [1.54, 1.807) is 0 Å². The van der Waals surface area contributed by atoms with Crippen molar-refractivity contribution in [3.63, 3.8) is 0 Å². The number of rotatable bonds is 3. The highest BCUT2D eigenvalue weighted by Crippen LogP contribution is 2.32. The second-order valence-electron chi connectivity index (χ2n) is 5.66. The lowest BCUT2D eigenvalue weighted by molar-refractivity contribution is -0.337. The maximum Gasteiger partial charge on any atom is 0.187 e. The number of hydrogen-bond acceptors (Lipinski definition) is 10. The summed E-state index contributed by atoms with van der Waals surface area (Å²) in [5.74, 6) is 0. The van der Waals surface area contributed by atoms with E-state index < -0.39 is 68.0 Å². The molecule has 0 aromatic carbocycles. The van der Waals surface area contributed by atoms with Crippen molar-refractivity contribution in [1.82, 2.24) is 0 Å². The molecule has 0 spiro atoms.